The molecule has 0 bridgehead atoms. The van der Waals surface area contributed by atoms with Crippen molar-refractivity contribution in [1.82, 2.24) is 4.98 Å². The third-order valence-corrected chi connectivity index (χ3v) is 3.30. The topological polar surface area (TPSA) is 81.2 Å². The number of rotatable bonds is 3. The van der Waals surface area contributed by atoms with Gasteiger partial charge in [0, 0.05) is 12.1 Å². The van der Waals surface area contributed by atoms with Crippen LogP contribution >= 0.6 is 0 Å². The summed E-state index contributed by atoms with van der Waals surface area (Å²) < 4.78 is 10.8. The molecule has 0 aliphatic rings. The molecule has 0 aliphatic heterocycles. The fourth-order valence-corrected chi connectivity index (χ4v) is 2.15. The number of anilines is 1. The van der Waals surface area contributed by atoms with Crippen LogP contribution < -0.4 is 16.2 Å². The van der Waals surface area contributed by atoms with E-state index in [-0.39, 0.29) is 0 Å². The predicted molar refractivity (Wildman–Crippen MR) is 81.9 cm³/mol. The maximum absolute atomic E-state index is 11.2. The molecule has 5 nitrogen and oxygen atoms in total. The third kappa shape index (κ3) is 2.63. The van der Waals surface area contributed by atoms with E-state index in [1.165, 1.54) is 5.56 Å². The van der Waals surface area contributed by atoms with Gasteiger partial charge in [-0.25, -0.2) is 4.79 Å². The SMILES string of the molecule is CC(C)c1cccc(Oc2cc3[nH]c(=O)oc3cc2N)c1. The van der Waals surface area contributed by atoms with Crippen molar-refractivity contribution < 1.29 is 9.15 Å². The molecule has 0 atom stereocenters. The number of aromatic amines is 1. The number of ether oxygens (including phenoxy) is 1. The highest BCUT2D eigenvalue weighted by molar-refractivity contribution is 5.80. The Balaban J connectivity index is 1.99. The minimum Gasteiger partial charge on any atom is -0.455 e. The summed E-state index contributed by atoms with van der Waals surface area (Å²) in [5.41, 5.74) is 8.52. The van der Waals surface area contributed by atoms with E-state index in [2.05, 4.69) is 24.9 Å². The molecule has 0 unspecified atom stereocenters. The summed E-state index contributed by atoms with van der Waals surface area (Å²) in [5.74, 6) is 1.10. The molecule has 3 rings (SSSR count). The molecule has 0 amide bonds. The number of H-pyrrole nitrogens is 1. The van der Waals surface area contributed by atoms with Gasteiger partial charge in [-0.1, -0.05) is 26.0 Å². The Labute approximate surface area is 121 Å². The number of hydrogen-bond donors (Lipinski definition) is 2. The molecule has 0 aliphatic carbocycles. The zero-order valence-electron chi connectivity index (χ0n) is 11.8. The number of fused-ring (bicyclic) bond motifs is 1. The summed E-state index contributed by atoms with van der Waals surface area (Å²) in [7, 11) is 0. The van der Waals surface area contributed by atoms with Crippen molar-refractivity contribution in [2.75, 3.05) is 5.73 Å². The van der Waals surface area contributed by atoms with Gasteiger partial charge < -0.3 is 14.9 Å². The van der Waals surface area contributed by atoms with Crippen molar-refractivity contribution >= 4 is 16.8 Å². The van der Waals surface area contributed by atoms with Crippen LogP contribution in [0.2, 0.25) is 0 Å². The Morgan fingerprint density at radius 3 is 2.81 bits per heavy atom. The first-order valence-corrected chi connectivity index (χ1v) is 6.73. The van der Waals surface area contributed by atoms with Crippen molar-refractivity contribution in [2.45, 2.75) is 19.8 Å². The van der Waals surface area contributed by atoms with Gasteiger partial charge in [-0.2, -0.15) is 0 Å². The molecule has 3 aromatic rings. The number of nitrogens with two attached hydrogens (primary N) is 1. The molecule has 0 saturated carbocycles. The highest BCUT2D eigenvalue weighted by Gasteiger charge is 2.09. The van der Waals surface area contributed by atoms with Crippen LogP contribution in [0.5, 0.6) is 11.5 Å². The fourth-order valence-electron chi connectivity index (χ4n) is 2.15. The van der Waals surface area contributed by atoms with Gasteiger partial charge in [0.05, 0.1) is 11.2 Å². The van der Waals surface area contributed by atoms with E-state index in [4.69, 9.17) is 14.9 Å². The normalized spacial score (nSPS) is 11.2. The van der Waals surface area contributed by atoms with Crippen molar-refractivity contribution in [3.8, 4) is 11.5 Å². The molecule has 2 aromatic carbocycles. The number of oxazole rings is 1. The number of aromatic nitrogens is 1. The molecule has 21 heavy (non-hydrogen) atoms. The van der Waals surface area contributed by atoms with Gasteiger partial charge in [-0.3, -0.25) is 4.98 Å². The molecule has 3 N–H and O–H groups in total. The van der Waals surface area contributed by atoms with E-state index < -0.39 is 5.76 Å². The first kappa shape index (κ1) is 13.3. The first-order valence-electron chi connectivity index (χ1n) is 6.73. The standard InChI is InChI=1S/C16H16N2O3/c1-9(2)10-4-3-5-11(6-10)20-14-8-13-15(7-12(14)17)21-16(19)18-13/h3-9H,17H2,1-2H3,(H,18,19). The Kier molecular flexibility index (Phi) is 3.17. The zero-order chi connectivity index (χ0) is 15.0. The summed E-state index contributed by atoms with van der Waals surface area (Å²) in [5, 5.41) is 0. The van der Waals surface area contributed by atoms with Gasteiger partial charge >= 0.3 is 5.76 Å². The number of benzene rings is 2. The second kappa shape index (κ2) is 5.01. The highest BCUT2D eigenvalue weighted by atomic mass is 16.5. The maximum Gasteiger partial charge on any atom is 0.417 e. The van der Waals surface area contributed by atoms with Crippen molar-refractivity contribution in [2.24, 2.45) is 0 Å². The molecule has 0 fully saturated rings. The average molecular weight is 284 g/mol. The van der Waals surface area contributed by atoms with Gasteiger partial charge in [0.1, 0.15) is 5.75 Å². The van der Waals surface area contributed by atoms with Crippen LogP contribution in [0.3, 0.4) is 0 Å². The summed E-state index contributed by atoms with van der Waals surface area (Å²) in [6, 6.07) is 11.1. The minimum absolute atomic E-state index is 0.415. The summed E-state index contributed by atoms with van der Waals surface area (Å²) >= 11 is 0. The molecular formula is C16H16N2O3. The molecule has 108 valence electrons. The van der Waals surface area contributed by atoms with Gasteiger partial charge in [0.15, 0.2) is 11.3 Å². The van der Waals surface area contributed by atoms with Gasteiger partial charge in [0.25, 0.3) is 0 Å². The second-order valence-electron chi connectivity index (χ2n) is 5.23. The lowest BCUT2D eigenvalue weighted by Crippen LogP contribution is -1.94. The molecular weight excluding hydrogens is 268 g/mol. The number of nitrogens with one attached hydrogen (secondary N) is 1. The van der Waals surface area contributed by atoms with Crippen LogP contribution in [0.1, 0.15) is 25.3 Å². The van der Waals surface area contributed by atoms with Crippen LogP contribution in [0.4, 0.5) is 5.69 Å². The van der Waals surface area contributed by atoms with E-state index in [1.54, 1.807) is 12.1 Å². The Bertz CT molecular complexity index is 846. The van der Waals surface area contributed by atoms with Crippen molar-refractivity contribution in [3.63, 3.8) is 0 Å². The minimum atomic E-state index is -0.511. The highest BCUT2D eigenvalue weighted by Crippen LogP contribution is 2.32. The molecule has 1 aromatic heterocycles. The average Bonchev–Trinajstić information content (AvgIpc) is 2.78. The first-order chi connectivity index (χ1) is 10.0. The third-order valence-electron chi connectivity index (χ3n) is 3.30. The quantitative estimate of drug-likeness (QED) is 0.720. The molecule has 0 radical (unpaired) electrons. The van der Waals surface area contributed by atoms with Crippen LogP contribution in [0.25, 0.3) is 11.1 Å². The summed E-state index contributed by atoms with van der Waals surface area (Å²) in [6.07, 6.45) is 0. The Hall–Kier alpha value is -2.69. The van der Waals surface area contributed by atoms with Crippen LogP contribution in [0.15, 0.2) is 45.6 Å². The lowest BCUT2D eigenvalue weighted by Gasteiger charge is -2.11. The van der Waals surface area contributed by atoms with E-state index in [0.717, 1.165) is 0 Å². The largest absolute Gasteiger partial charge is 0.455 e. The van der Waals surface area contributed by atoms with E-state index in [1.807, 2.05) is 18.2 Å². The molecule has 0 spiro atoms. The van der Waals surface area contributed by atoms with Gasteiger partial charge in [-0.05, 0) is 23.6 Å². The predicted octanol–water partition coefficient (Wildman–Crippen LogP) is 3.62. The summed E-state index contributed by atoms with van der Waals surface area (Å²) in [6.45, 7) is 4.24. The van der Waals surface area contributed by atoms with Crippen LogP contribution in [-0.2, 0) is 0 Å². The molecule has 5 heteroatoms. The van der Waals surface area contributed by atoms with Gasteiger partial charge in [0.2, 0.25) is 0 Å². The van der Waals surface area contributed by atoms with E-state index in [9.17, 15) is 4.79 Å². The van der Waals surface area contributed by atoms with Crippen molar-refractivity contribution in [3.05, 3.63) is 52.5 Å². The zero-order valence-corrected chi connectivity index (χ0v) is 11.8. The smallest absolute Gasteiger partial charge is 0.417 e. The monoisotopic (exact) mass is 284 g/mol. The Morgan fingerprint density at radius 1 is 1.24 bits per heavy atom. The summed E-state index contributed by atoms with van der Waals surface area (Å²) in [4.78, 5) is 13.8. The van der Waals surface area contributed by atoms with Crippen LogP contribution in [-0.4, -0.2) is 4.98 Å². The lowest BCUT2D eigenvalue weighted by molar-refractivity contribution is 0.484. The van der Waals surface area contributed by atoms with E-state index in [0.29, 0.717) is 34.2 Å². The molecule has 1 heterocycles. The second-order valence-corrected chi connectivity index (χ2v) is 5.23. The van der Waals surface area contributed by atoms with E-state index >= 15 is 0 Å². The van der Waals surface area contributed by atoms with Gasteiger partial charge in [-0.15, -0.1) is 0 Å². The van der Waals surface area contributed by atoms with Crippen molar-refractivity contribution in [1.29, 1.82) is 0 Å². The maximum atomic E-state index is 11.2. The fraction of sp³-hybridized carbons (Fsp3) is 0.188. The lowest BCUT2D eigenvalue weighted by atomic mass is 10.0. The number of hydrogen-bond acceptors (Lipinski definition) is 4. The Morgan fingerprint density at radius 2 is 2.05 bits per heavy atom. The molecule has 0 saturated heterocycles. The van der Waals surface area contributed by atoms with Crippen LogP contribution in [0, 0.1) is 0 Å². The number of nitrogen functional groups attached to an aromatic ring is 1.